The van der Waals surface area contributed by atoms with E-state index >= 15 is 0 Å². The number of nitrogens with one attached hydrogen (secondary N) is 3. The molecule has 5 amide bonds. The average molecular weight is 486 g/mol. The first-order valence-corrected chi connectivity index (χ1v) is 12.5. The van der Waals surface area contributed by atoms with Crippen LogP contribution in [0.3, 0.4) is 0 Å². The average Bonchev–Trinajstić information content (AvgIpc) is 2.89. The van der Waals surface area contributed by atoms with Gasteiger partial charge in [-0.15, -0.1) is 0 Å². The highest BCUT2D eigenvalue weighted by atomic mass is 16.5. The van der Waals surface area contributed by atoms with Gasteiger partial charge in [-0.2, -0.15) is 0 Å². The van der Waals surface area contributed by atoms with Crippen molar-refractivity contribution in [1.82, 2.24) is 20.4 Å². The molecule has 35 heavy (non-hydrogen) atoms. The fourth-order valence-corrected chi connectivity index (χ4v) is 5.13. The zero-order chi connectivity index (χ0) is 24.8. The van der Waals surface area contributed by atoms with Gasteiger partial charge in [0.05, 0.1) is 13.7 Å². The summed E-state index contributed by atoms with van der Waals surface area (Å²) in [6.07, 6.45) is 6.29. The Morgan fingerprint density at radius 2 is 1.86 bits per heavy atom. The Labute approximate surface area is 205 Å². The molecule has 2 heterocycles. The maximum Gasteiger partial charge on any atom is 0.322 e. The quantitative estimate of drug-likeness (QED) is 0.587. The van der Waals surface area contributed by atoms with Crippen LogP contribution in [0.1, 0.15) is 44.9 Å². The number of hydrogen-bond acceptors (Lipinski definition) is 5. The number of urea groups is 1. The van der Waals surface area contributed by atoms with E-state index in [-0.39, 0.29) is 30.8 Å². The Morgan fingerprint density at radius 1 is 1.06 bits per heavy atom. The second-order valence-corrected chi connectivity index (χ2v) is 9.48. The van der Waals surface area contributed by atoms with E-state index in [2.05, 4.69) is 16.0 Å². The van der Waals surface area contributed by atoms with Gasteiger partial charge in [-0.3, -0.25) is 14.4 Å². The molecule has 3 aliphatic rings. The number of methoxy groups -OCH3 is 1. The number of ether oxygens (including phenoxy) is 1. The van der Waals surface area contributed by atoms with E-state index in [4.69, 9.17) is 4.74 Å². The summed E-state index contributed by atoms with van der Waals surface area (Å²) in [5.41, 5.74) is 0.542. The minimum Gasteiger partial charge on any atom is -0.497 e. The van der Waals surface area contributed by atoms with E-state index in [0.29, 0.717) is 30.9 Å². The molecule has 2 atom stereocenters. The smallest absolute Gasteiger partial charge is 0.322 e. The lowest BCUT2D eigenvalue weighted by molar-refractivity contribution is -0.142. The van der Waals surface area contributed by atoms with Crippen molar-refractivity contribution in [3.05, 3.63) is 24.3 Å². The van der Waals surface area contributed by atoms with Crippen LogP contribution in [0.4, 0.5) is 10.5 Å². The molecule has 3 N–H and O–H groups in total. The van der Waals surface area contributed by atoms with Gasteiger partial charge in [-0.25, -0.2) is 4.79 Å². The Balaban J connectivity index is 1.49. The molecule has 2 unspecified atom stereocenters. The number of carbonyl (C=O) groups excluding carboxylic acids is 4. The molecule has 0 bridgehead atoms. The monoisotopic (exact) mass is 485 g/mol. The van der Waals surface area contributed by atoms with Crippen LogP contribution in [-0.2, 0) is 14.4 Å². The van der Waals surface area contributed by atoms with Gasteiger partial charge in [0.15, 0.2) is 0 Å². The van der Waals surface area contributed by atoms with Crippen molar-refractivity contribution in [2.45, 2.75) is 57.0 Å². The summed E-state index contributed by atoms with van der Waals surface area (Å²) in [5.74, 6) is -0.000255. The molecule has 4 rings (SSSR count). The topological polar surface area (TPSA) is 120 Å². The Kier molecular flexibility index (Phi) is 8.09. The van der Waals surface area contributed by atoms with Crippen molar-refractivity contribution >= 4 is 29.4 Å². The number of amides is 5. The summed E-state index contributed by atoms with van der Waals surface area (Å²) in [5, 5.41) is 8.41. The molecule has 10 nitrogen and oxygen atoms in total. The summed E-state index contributed by atoms with van der Waals surface area (Å²) in [6.45, 7) is 1.30. The molecular weight excluding hydrogens is 450 g/mol. The largest absolute Gasteiger partial charge is 0.497 e. The molecule has 190 valence electrons. The minimum atomic E-state index is -0.892. The minimum absolute atomic E-state index is 0.0197. The van der Waals surface area contributed by atoms with Crippen LogP contribution in [0.2, 0.25) is 0 Å². The predicted octanol–water partition coefficient (Wildman–Crippen LogP) is 1.72. The number of rotatable bonds is 5. The van der Waals surface area contributed by atoms with E-state index in [1.54, 1.807) is 36.3 Å². The lowest BCUT2D eigenvalue weighted by Crippen LogP contribution is -2.64. The van der Waals surface area contributed by atoms with Crippen LogP contribution in [0.5, 0.6) is 5.75 Å². The van der Waals surface area contributed by atoms with E-state index in [0.717, 1.165) is 38.5 Å². The van der Waals surface area contributed by atoms with Crippen molar-refractivity contribution < 1.29 is 23.9 Å². The second kappa shape index (κ2) is 11.4. The van der Waals surface area contributed by atoms with Gasteiger partial charge in [-0.05, 0) is 37.8 Å². The number of hydrogen-bond donors (Lipinski definition) is 3. The summed E-state index contributed by atoms with van der Waals surface area (Å²) in [6, 6.07) is 5.02. The summed E-state index contributed by atoms with van der Waals surface area (Å²) in [7, 11) is 1.55. The number of benzene rings is 1. The van der Waals surface area contributed by atoms with E-state index < -0.39 is 24.0 Å². The summed E-state index contributed by atoms with van der Waals surface area (Å²) in [4.78, 5) is 55.2. The summed E-state index contributed by atoms with van der Waals surface area (Å²) >= 11 is 0. The van der Waals surface area contributed by atoms with Crippen LogP contribution >= 0.6 is 0 Å². The molecule has 1 aromatic carbocycles. The first kappa shape index (κ1) is 24.8. The zero-order valence-corrected chi connectivity index (χ0v) is 20.3. The molecule has 0 aromatic heterocycles. The number of piperidine rings is 1. The molecule has 3 fully saturated rings. The van der Waals surface area contributed by atoms with Crippen LogP contribution < -0.4 is 20.7 Å². The van der Waals surface area contributed by atoms with Gasteiger partial charge in [0.2, 0.25) is 17.7 Å². The van der Waals surface area contributed by atoms with E-state index in [1.807, 2.05) is 0 Å². The standard InChI is InChI=1S/C25H35N5O5/c1-35-19-10-5-9-18(15-19)27-25(34)30-14-13-29(24(33)17-7-3-2-4-8-17)16-21(30)23(32)28-20-11-6-12-26-22(20)31/h5,9-10,15,17,20-21H,2-4,6-8,11-14,16H2,1H3,(H,26,31)(H,27,34)(H,28,32). The normalized spacial score (nSPS) is 23.3. The van der Waals surface area contributed by atoms with Crippen molar-refractivity contribution in [3.8, 4) is 5.75 Å². The highest BCUT2D eigenvalue weighted by Gasteiger charge is 2.40. The van der Waals surface area contributed by atoms with Crippen LogP contribution in [0, 0.1) is 5.92 Å². The lowest BCUT2D eigenvalue weighted by atomic mass is 9.88. The Morgan fingerprint density at radius 3 is 2.60 bits per heavy atom. The van der Waals surface area contributed by atoms with Gasteiger partial charge >= 0.3 is 6.03 Å². The van der Waals surface area contributed by atoms with Gasteiger partial charge in [0, 0.05) is 37.3 Å². The van der Waals surface area contributed by atoms with Gasteiger partial charge in [0.25, 0.3) is 0 Å². The molecular formula is C25H35N5O5. The van der Waals surface area contributed by atoms with Crippen LogP contribution in [0.15, 0.2) is 24.3 Å². The molecule has 0 radical (unpaired) electrons. The van der Waals surface area contributed by atoms with E-state index in [1.165, 1.54) is 4.90 Å². The highest BCUT2D eigenvalue weighted by molar-refractivity contribution is 5.96. The third kappa shape index (κ3) is 6.04. The molecule has 1 aliphatic carbocycles. The van der Waals surface area contributed by atoms with Crippen molar-refractivity contribution in [1.29, 1.82) is 0 Å². The molecule has 2 aliphatic heterocycles. The number of piperazine rings is 1. The predicted molar refractivity (Wildman–Crippen MR) is 130 cm³/mol. The highest BCUT2D eigenvalue weighted by Crippen LogP contribution is 2.27. The lowest BCUT2D eigenvalue weighted by Gasteiger charge is -2.42. The van der Waals surface area contributed by atoms with Gasteiger partial charge in [0.1, 0.15) is 17.8 Å². The molecule has 0 spiro atoms. The van der Waals surface area contributed by atoms with Gasteiger partial charge in [-0.1, -0.05) is 25.3 Å². The number of anilines is 1. The molecule has 10 heteroatoms. The zero-order valence-electron chi connectivity index (χ0n) is 20.3. The number of nitrogens with zero attached hydrogens (tertiary/aromatic N) is 2. The summed E-state index contributed by atoms with van der Waals surface area (Å²) < 4.78 is 5.22. The first-order valence-electron chi connectivity index (χ1n) is 12.5. The van der Waals surface area contributed by atoms with Crippen molar-refractivity contribution in [3.63, 3.8) is 0 Å². The fourth-order valence-electron chi connectivity index (χ4n) is 5.13. The molecule has 1 aromatic rings. The van der Waals surface area contributed by atoms with Crippen LogP contribution in [0.25, 0.3) is 0 Å². The first-order chi connectivity index (χ1) is 17.0. The molecule has 1 saturated carbocycles. The SMILES string of the molecule is COc1cccc(NC(=O)N2CCN(C(=O)C3CCCCC3)CC2C(=O)NC2CCCNC2=O)c1. The fraction of sp³-hybridized carbons (Fsp3) is 0.600. The van der Waals surface area contributed by atoms with E-state index in [9.17, 15) is 19.2 Å². The number of carbonyl (C=O) groups is 4. The maximum absolute atomic E-state index is 13.4. The molecule has 2 saturated heterocycles. The Bertz CT molecular complexity index is 948. The van der Waals surface area contributed by atoms with Crippen LogP contribution in [-0.4, -0.2) is 78.9 Å². The second-order valence-electron chi connectivity index (χ2n) is 9.48. The third-order valence-electron chi connectivity index (χ3n) is 7.13. The third-order valence-corrected chi connectivity index (χ3v) is 7.13. The van der Waals surface area contributed by atoms with Crippen molar-refractivity contribution in [2.24, 2.45) is 5.92 Å². The Hall–Kier alpha value is -3.30. The van der Waals surface area contributed by atoms with Crippen molar-refractivity contribution in [2.75, 3.05) is 38.6 Å². The maximum atomic E-state index is 13.4. The van der Waals surface area contributed by atoms with Gasteiger partial charge < -0.3 is 30.5 Å².